The molecule has 1 aliphatic heterocycles. The fraction of sp³-hybridized carbons (Fsp3) is 0.857. The minimum absolute atomic E-state index is 0.000417. The summed E-state index contributed by atoms with van der Waals surface area (Å²) in [7, 11) is 1.68. The van der Waals surface area contributed by atoms with Crippen molar-refractivity contribution < 1.29 is 14.4 Å². The largest absolute Gasteiger partial charge is 0.359 e. The summed E-state index contributed by atoms with van der Waals surface area (Å²) < 4.78 is 0. The molecule has 0 atom stereocenters. The van der Waals surface area contributed by atoms with Crippen molar-refractivity contribution >= 4 is 17.8 Å². The number of nitrogens with zero attached hydrogens (tertiary/aromatic N) is 1. The van der Waals surface area contributed by atoms with Crippen LogP contribution in [0.15, 0.2) is 0 Å². The Morgan fingerprint density at radius 3 is 1.86 bits per heavy atom. The molecule has 3 fully saturated rings. The molecule has 1 saturated heterocycles. The Morgan fingerprint density at radius 2 is 1.25 bits per heavy atom. The molecule has 158 valence electrons. The first-order valence-corrected chi connectivity index (χ1v) is 11.1. The van der Waals surface area contributed by atoms with Crippen LogP contribution in [0.25, 0.3) is 0 Å². The molecular weight excluding hydrogens is 356 g/mol. The zero-order chi connectivity index (χ0) is 19.9. The van der Waals surface area contributed by atoms with Crippen LogP contribution in [0.2, 0.25) is 0 Å². The maximum absolute atomic E-state index is 12.6. The van der Waals surface area contributed by atoms with Crippen molar-refractivity contribution in [2.24, 2.45) is 11.8 Å². The van der Waals surface area contributed by atoms with E-state index in [1.165, 1.54) is 19.3 Å². The molecule has 0 aromatic carbocycles. The standard InChI is InChI=1S/C21H36N4O3/c1-22-19(26)16-7-9-17(10-8-16)24-21(28)25-13-11-18(12-14-25)23-20(27)15-5-3-2-4-6-15/h15-18H,2-14H2,1H3,(H,22,26)(H,23,27)(H,24,28). The minimum atomic E-state index is 0.000417. The van der Waals surface area contributed by atoms with E-state index in [0.717, 1.165) is 51.4 Å². The van der Waals surface area contributed by atoms with E-state index in [1.807, 2.05) is 4.90 Å². The van der Waals surface area contributed by atoms with Crippen molar-refractivity contribution in [2.45, 2.75) is 82.7 Å². The lowest BCUT2D eigenvalue weighted by molar-refractivity contribution is -0.127. The Balaban J connectivity index is 1.35. The zero-order valence-electron chi connectivity index (χ0n) is 17.2. The molecule has 1 heterocycles. The second-order valence-electron chi connectivity index (χ2n) is 8.72. The van der Waals surface area contributed by atoms with Crippen LogP contribution in [0.5, 0.6) is 0 Å². The molecule has 0 bridgehead atoms. The number of hydrogen-bond donors (Lipinski definition) is 3. The molecule has 3 aliphatic rings. The van der Waals surface area contributed by atoms with E-state index >= 15 is 0 Å². The van der Waals surface area contributed by atoms with Gasteiger partial charge in [-0.25, -0.2) is 4.79 Å². The number of piperidine rings is 1. The molecule has 0 spiro atoms. The normalized spacial score (nSPS) is 27.1. The molecule has 3 N–H and O–H groups in total. The molecule has 7 nitrogen and oxygen atoms in total. The Hall–Kier alpha value is -1.79. The molecule has 0 radical (unpaired) electrons. The van der Waals surface area contributed by atoms with E-state index in [0.29, 0.717) is 13.1 Å². The fourth-order valence-electron chi connectivity index (χ4n) is 4.88. The first-order chi connectivity index (χ1) is 13.6. The summed E-state index contributed by atoms with van der Waals surface area (Å²) >= 11 is 0. The van der Waals surface area contributed by atoms with Gasteiger partial charge in [-0.2, -0.15) is 0 Å². The Labute approximate surface area is 168 Å². The predicted octanol–water partition coefficient (Wildman–Crippen LogP) is 2.16. The van der Waals surface area contributed by atoms with Gasteiger partial charge in [-0.15, -0.1) is 0 Å². The van der Waals surface area contributed by atoms with Gasteiger partial charge in [-0.05, 0) is 51.4 Å². The third-order valence-electron chi connectivity index (χ3n) is 6.78. The van der Waals surface area contributed by atoms with Crippen molar-refractivity contribution in [3.63, 3.8) is 0 Å². The highest BCUT2D eigenvalue weighted by Gasteiger charge is 2.30. The van der Waals surface area contributed by atoms with Gasteiger partial charge in [0.1, 0.15) is 0 Å². The summed E-state index contributed by atoms with van der Waals surface area (Å²) in [6.45, 7) is 1.38. The average Bonchev–Trinajstić information content (AvgIpc) is 2.74. The van der Waals surface area contributed by atoms with Crippen molar-refractivity contribution in [3.05, 3.63) is 0 Å². The van der Waals surface area contributed by atoms with E-state index in [1.54, 1.807) is 7.05 Å². The van der Waals surface area contributed by atoms with Gasteiger partial charge in [-0.1, -0.05) is 19.3 Å². The molecule has 2 saturated carbocycles. The number of likely N-dealkylation sites (tertiary alicyclic amines) is 1. The molecule has 0 unspecified atom stereocenters. The van der Waals surface area contributed by atoms with Crippen molar-refractivity contribution in [1.82, 2.24) is 20.9 Å². The number of nitrogens with one attached hydrogen (secondary N) is 3. The van der Waals surface area contributed by atoms with E-state index in [2.05, 4.69) is 16.0 Å². The van der Waals surface area contributed by atoms with Crippen molar-refractivity contribution in [2.75, 3.05) is 20.1 Å². The van der Waals surface area contributed by atoms with Gasteiger partial charge in [0, 0.05) is 44.1 Å². The molecule has 0 aromatic rings. The fourth-order valence-corrected chi connectivity index (χ4v) is 4.88. The number of carbonyl (C=O) groups is 3. The van der Waals surface area contributed by atoms with E-state index < -0.39 is 0 Å². The van der Waals surface area contributed by atoms with E-state index in [9.17, 15) is 14.4 Å². The van der Waals surface area contributed by atoms with Crippen LogP contribution in [-0.4, -0.2) is 55.0 Å². The summed E-state index contributed by atoms with van der Waals surface area (Å²) in [6.07, 6.45) is 10.7. The lowest BCUT2D eigenvalue weighted by atomic mass is 9.85. The van der Waals surface area contributed by atoms with Crippen LogP contribution in [-0.2, 0) is 9.59 Å². The lowest BCUT2D eigenvalue weighted by Gasteiger charge is -2.35. The first kappa shape index (κ1) is 20.9. The number of amides is 4. The monoisotopic (exact) mass is 392 g/mol. The summed E-state index contributed by atoms with van der Waals surface area (Å²) in [5.74, 6) is 0.610. The Bertz CT molecular complexity index is 546. The average molecular weight is 393 g/mol. The van der Waals surface area contributed by atoms with Gasteiger partial charge in [0.05, 0.1) is 0 Å². The van der Waals surface area contributed by atoms with Gasteiger partial charge < -0.3 is 20.9 Å². The van der Waals surface area contributed by atoms with E-state index in [-0.39, 0.29) is 41.8 Å². The molecule has 3 rings (SSSR count). The molecule has 2 aliphatic carbocycles. The van der Waals surface area contributed by atoms with Crippen molar-refractivity contribution in [1.29, 1.82) is 0 Å². The number of hydrogen-bond acceptors (Lipinski definition) is 3. The maximum Gasteiger partial charge on any atom is 0.317 e. The van der Waals surface area contributed by atoms with Crippen LogP contribution in [0, 0.1) is 11.8 Å². The van der Waals surface area contributed by atoms with Gasteiger partial charge >= 0.3 is 6.03 Å². The summed E-state index contributed by atoms with van der Waals surface area (Å²) in [5.41, 5.74) is 0. The lowest BCUT2D eigenvalue weighted by Crippen LogP contribution is -2.52. The first-order valence-electron chi connectivity index (χ1n) is 11.1. The molecule has 4 amide bonds. The Morgan fingerprint density at radius 1 is 0.679 bits per heavy atom. The number of carbonyl (C=O) groups excluding carboxylic acids is 3. The van der Waals surface area contributed by atoms with Gasteiger partial charge in [0.15, 0.2) is 0 Å². The van der Waals surface area contributed by atoms with Gasteiger partial charge in [0.25, 0.3) is 0 Å². The highest BCUT2D eigenvalue weighted by Crippen LogP contribution is 2.25. The highest BCUT2D eigenvalue weighted by atomic mass is 16.2. The SMILES string of the molecule is CNC(=O)C1CCC(NC(=O)N2CCC(NC(=O)C3CCCCC3)CC2)CC1. The quantitative estimate of drug-likeness (QED) is 0.685. The van der Waals surface area contributed by atoms with Crippen LogP contribution in [0.3, 0.4) is 0 Å². The maximum atomic E-state index is 12.6. The van der Waals surface area contributed by atoms with Gasteiger partial charge in [0.2, 0.25) is 11.8 Å². The van der Waals surface area contributed by atoms with Crippen LogP contribution >= 0.6 is 0 Å². The summed E-state index contributed by atoms with van der Waals surface area (Å²) in [4.78, 5) is 38.6. The van der Waals surface area contributed by atoms with Crippen LogP contribution < -0.4 is 16.0 Å². The van der Waals surface area contributed by atoms with E-state index in [4.69, 9.17) is 0 Å². The third kappa shape index (κ3) is 5.61. The Kier molecular flexibility index (Phi) is 7.57. The smallest absolute Gasteiger partial charge is 0.317 e. The molecular formula is C21H36N4O3. The third-order valence-corrected chi connectivity index (χ3v) is 6.78. The highest BCUT2D eigenvalue weighted by molar-refractivity contribution is 5.79. The minimum Gasteiger partial charge on any atom is -0.359 e. The number of urea groups is 1. The summed E-state index contributed by atoms with van der Waals surface area (Å²) in [6, 6.07) is 0.360. The second-order valence-corrected chi connectivity index (χ2v) is 8.72. The van der Waals surface area contributed by atoms with Gasteiger partial charge in [-0.3, -0.25) is 9.59 Å². The zero-order valence-corrected chi connectivity index (χ0v) is 17.2. The second kappa shape index (κ2) is 10.1. The summed E-state index contributed by atoms with van der Waals surface area (Å²) in [5, 5.41) is 9.07. The van der Waals surface area contributed by atoms with Crippen LogP contribution in [0.4, 0.5) is 4.79 Å². The molecule has 7 heteroatoms. The van der Waals surface area contributed by atoms with Crippen molar-refractivity contribution in [3.8, 4) is 0 Å². The number of rotatable bonds is 4. The molecule has 28 heavy (non-hydrogen) atoms. The van der Waals surface area contributed by atoms with Crippen LogP contribution in [0.1, 0.15) is 70.6 Å². The predicted molar refractivity (Wildman–Crippen MR) is 108 cm³/mol. The molecule has 0 aromatic heterocycles. The topological polar surface area (TPSA) is 90.5 Å².